The number of nitrogens with zero attached hydrogens (tertiary/aromatic N) is 5. The van der Waals surface area contributed by atoms with Crippen LogP contribution in [0.2, 0.25) is 0 Å². The second-order valence-electron chi connectivity index (χ2n) is 7.30. The van der Waals surface area contributed by atoms with Crippen LogP contribution in [0, 0.1) is 6.92 Å². The zero-order valence-corrected chi connectivity index (χ0v) is 16.4. The standard InChI is InChI=1S/C21H23N5O3/c1-15-6-8-16(9-7-15)17-10-11-19(27)26(23-17)14-18-22-20(29-24-18)21(28)25-12-4-2-3-5-13-25/h6-11H,2-5,12-14H2,1H3. The summed E-state index contributed by atoms with van der Waals surface area (Å²) in [5.74, 6) is -0.0390. The molecule has 150 valence electrons. The largest absolute Gasteiger partial charge is 0.334 e. The number of hydrogen-bond donors (Lipinski definition) is 0. The van der Waals surface area contributed by atoms with Crippen molar-refractivity contribution in [3.05, 3.63) is 64.0 Å². The Hall–Kier alpha value is -3.29. The van der Waals surface area contributed by atoms with Crippen molar-refractivity contribution >= 4 is 5.91 Å². The molecule has 2 aromatic heterocycles. The second-order valence-corrected chi connectivity index (χ2v) is 7.30. The molecule has 1 aromatic carbocycles. The van der Waals surface area contributed by atoms with Gasteiger partial charge in [-0.3, -0.25) is 9.59 Å². The van der Waals surface area contributed by atoms with Gasteiger partial charge in [0.25, 0.3) is 5.56 Å². The van der Waals surface area contributed by atoms with Gasteiger partial charge in [-0.2, -0.15) is 10.1 Å². The van der Waals surface area contributed by atoms with Gasteiger partial charge in [0.2, 0.25) is 0 Å². The van der Waals surface area contributed by atoms with E-state index < -0.39 is 0 Å². The van der Waals surface area contributed by atoms with Gasteiger partial charge in [-0.15, -0.1) is 0 Å². The van der Waals surface area contributed by atoms with E-state index >= 15 is 0 Å². The first-order chi connectivity index (χ1) is 14.1. The molecule has 0 bridgehead atoms. The summed E-state index contributed by atoms with van der Waals surface area (Å²) in [6, 6.07) is 11.1. The number of carbonyl (C=O) groups excluding carboxylic acids is 1. The normalized spacial score (nSPS) is 14.6. The highest BCUT2D eigenvalue weighted by Crippen LogP contribution is 2.16. The lowest BCUT2D eigenvalue weighted by molar-refractivity contribution is 0.0711. The van der Waals surface area contributed by atoms with Crippen LogP contribution in [0.3, 0.4) is 0 Å². The van der Waals surface area contributed by atoms with E-state index in [1.165, 1.54) is 10.7 Å². The Morgan fingerprint density at radius 2 is 1.76 bits per heavy atom. The van der Waals surface area contributed by atoms with Crippen LogP contribution in [0.15, 0.2) is 45.7 Å². The molecule has 0 saturated carbocycles. The first kappa shape index (κ1) is 19.0. The van der Waals surface area contributed by atoms with E-state index in [9.17, 15) is 9.59 Å². The van der Waals surface area contributed by atoms with Crippen molar-refractivity contribution in [2.24, 2.45) is 0 Å². The average molecular weight is 393 g/mol. The molecule has 0 atom stereocenters. The van der Waals surface area contributed by atoms with Crippen molar-refractivity contribution in [3.63, 3.8) is 0 Å². The summed E-state index contributed by atoms with van der Waals surface area (Å²) in [7, 11) is 0. The Balaban J connectivity index is 1.52. The lowest BCUT2D eigenvalue weighted by Crippen LogP contribution is -2.32. The van der Waals surface area contributed by atoms with Gasteiger partial charge < -0.3 is 9.42 Å². The fourth-order valence-corrected chi connectivity index (χ4v) is 3.39. The molecule has 3 heterocycles. The van der Waals surface area contributed by atoms with Crippen molar-refractivity contribution < 1.29 is 9.32 Å². The Kier molecular flexibility index (Phi) is 5.50. The van der Waals surface area contributed by atoms with Crippen molar-refractivity contribution in [1.82, 2.24) is 24.8 Å². The van der Waals surface area contributed by atoms with Crippen LogP contribution in [0.4, 0.5) is 0 Å². The molecule has 1 aliphatic heterocycles. The predicted octanol–water partition coefficient (Wildman–Crippen LogP) is 2.67. The quantitative estimate of drug-likeness (QED) is 0.676. The van der Waals surface area contributed by atoms with Crippen LogP contribution in [0.5, 0.6) is 0 Å². The number of likely N-dealkylation sites (tertiary alicyclic amines) is 1. The molecular weight excluding hydrogens is 370 g/mol. The molecule has 0 spiro atoms. The van der Waals surface area contributed by atoms with Crippen LogP contribution < -0.4 is 5.56 Å². The molecule has 4 rings (SSSR count). The minimum absolute atomic E-state index is 0.0370. The third-order valence-corrected chi connectivity index (χ3v) is 5.05. The minimum atomic E-state index is -0.272. The van der Waals surface area contributed by atoms with Gasteiger partial charge >= 0.3 is 11.8 Å². The highest BCUT2D eigenvalue weighted by molar-refractivity contribution is 5.89. The van der Waals surface area contributed by atoms with Gasteiger partial charge in [0.05, 0.1) is 5.69 Å². The second kappa shape index (κ2) is 8.38. The van der Waals surface area contributed by atoms with E-state index in [-0.39, 0.29) is 29.7 Å². The number of rotatable bonds is 4. The summed E-state index contributed by atoms with van der Waals surface area (Å²) < 4.78 is 6.44. The van der Waals surface area contributed by atoms with Gasteiger partial charge in [-0.1, -0.05) is 47.8 Å². The first-order valence-corrected chi connectivity index (χ1v) is 9.87. The van der Waals surface area contributed by atoms with Gasteiger partial charge in [-0.05, 0) is 25.8 Å². The number of benzene rings is 1. The van der Waals surface area contributed by atoms with E-state index in [4.69, 9.17) is 4.52 Å². The van der Waals surface area contributed by atoms with Crippen LogP contribution in [-0.2, 0) is 6.54 Å². The number of hydrogen-bond acceptors (Lipinski definition) is 6. The summed E-state index contributed by atoms with van der Waals surface area (Å²) in [6.45, 7) is 3.46. The molecule has 0 aliphatic carbocycles. The van der Waals surface area contributed by atoms with Crippen molar-refractivity contribution in [2.75, 3.05) is 13.1 Å². The SMILES string of the molecule is Cc1ccc(-c2ccc(=O)n(Cc3noc(C(=O)N4CCCCCC4)n3)n2)cc1. The van der Waals surface area contributed by atoms with Crippen LogP contribution in [-0.4, -0.2) is 43.8 Å². The van der Waals surface area contributed by atoms with Crippen LogP contribution in [0.25, 0.3) is 11.3 Å². The van der Waals surface area contributed by atoms with Crippen molar-refractivity contribution in [2.45, 2.75) is 39.2 Å². The number of carbonyl (C=O) groups is 1. The van der Waals surface area contributed by atoms with E-state index in [1.54, 1.807) is 11.0 Å². The Morgan fingerprint density at radius 1 is 1.03 bits per heavy atom. The van der Waals surface area contributed by atoms with E-state index in [0.717, 1.165) is 36.8 Å². The fourth-order valence-electron chi connectivity index (χ4n) is 3.39. The van der Waals surface area contributed by atoms with Crippen molar-refractivity contribution in [3.8, 4) is 11.3 Å². The monoisotopic (exact) mass is 393 g/mol. The van der Waals surface area contributed by atoms with Gasteiger partial charge in [0, 0.05) is 24.7 Å². The number of aryl methyl sites for hydroxylation is 1. The van der Waals surface area contributed by atoms with Crippen LogP contribution in [0.1, 0.15) is 47.8 Å². The molecule has 1 amide bonds. The average Bonchev–Trinajstić information content (AvgIpc) is 3.02. The predicted molar refractivity (Wildman–Crippen MR) is 106 cm³/mol. The lowest BCUT2D eigenvalue weighted by atomic mass is 10.1. The van der Waals surface area contributed by atoms with E-state index in [1.807, 2.05) is 31.2 Å². The Labute approximate surface area is 168 Å². The molecule has 1 aliphatic rings. The minimum Gasteiger partial charge on any atom is -0.334 e. The molecule has 8 nitrogen and oxygen atoms in total. The van der Waals surface area contributed by atoms with E-state index in [2.05, 4.69) is 15.2 Å². The molecule has 1 saturated heterocycles. The highest BCUT2D eigenvalue weighted by Gasteiger charge is 2.23. The number of amides is 1. The molecule has 0 radical (unpaired) electrons. The summed E-state index contributed by atoms with van der Waals surface area (Å²) in [6.07, 6.45) is 4.23. The third-order valence-electron chi connectivity index (χ3n) is 5.05. The highest BCUT2D eigenvalue weighted by atomic mass is 16.5. The molecule has 8 heteroatoms. The van der Waals surface area contributed by atoms with Gasteiger partial charge in [0.1, 0.15) is 6.54 Å². The summed E-state index contributed by atoms with van der Waals surface area (Å²) in [5.41, 5.74) is 2.46. The fraction of sp³-hybridized carbons (Fsp3) is 0.381. The maximum atomic E-state index is 12.6. The maximum absolute atomic E-state index is 12.6. The van der Waals surface area contributed by atoms with E-state index in [0.29, 0.717) is 18.8 Å². The Morgan fingerprint density at radius 3 is 2.48 bits per heavy atom. The molecule has 0 unspecified atom stereocenters. The van der Waals surface area contributed by atoms with Crippen molar-refractivity contribution in [1.29, 1.82) is 0 Å². The maximum Gasteiger partial charge on any atom is 0.316 e. The smallest absolute Gasteiger partial charge is 0.316 e. The van der Waals surface area contributed by atoms with Gasteiger partial charge in [0.15, 0.2) is 5.82 Å². The summed E-state index contributed by atoms with van der Waals surface area (Å²) in [5, 5.41) is 8.28. The zero-order valence-electron chi connectivity index (χ0n) is 16.4. The molecular formula is C21H23N5O3. The third kappa shape index (κ3) is 4.42. The topological polar surface area (TPSA) is 94.1 Å². The molecule has 0 N–H and O–H groups in total. The van der Waals surface area contributed by atoms with Gasteiger partial charge in [-0.25, -0.2) is 4.68 Å². The Bertz CT molecular complexity index is 1050. The molecule has 29 heavy (non-hydrogen) atoms. The summed E-state index contributed by atoms with van der Waals surface area (Å²) >= 11 is 0. The molecule has 3 aromatic rings. The van der Waals surface area contributed by atoms with Crippen LogP contribution >= 0.6 is 0 Å². The summed E-state index contributed by atoms with van der Waals surface area (Å²) in [4.78, 5) is 30.8. The lowest BCUT2D eigenvalue weighted by Gasteiger charge is -2.17. The number of aromatic nitrogens is 4. The first-order valence-electron chi connectivity index (χ1n) is 9.87. The zero-order chi connectivity index (χ0) is 20.2. The molecule has 1 fully saturated rings.